The van der Waals surface area contributed by atoms with Crippen molar-refractivity contribution in [3.63, 3.8) is 0 Å². The van der Waals surface area contributed by atoms with E-state index in [1.54, 1.807) is 6.07 Å². The molecule has 2 amide bonds. The molecule has 2 aromatic rings. The molecule has 25 heavy (non-hydrogen) atoms. The van der Waals surface area contributed by atoms with Crippen LogP contribution in [0.3, 0.4) is 0 Å². The SMILES string of the molecule is Cn1ccc(CC(=O)N2CCCC2c2ccc(C(=O)NCCO)s2)c1. The van der Waals surface area contributed by atoms with Crippen LogP contribution in [0.4, 0.5) is 0 Å². The Kier molecular flexibility index (Phi) is 5.55. The first-order valence-corrected chi connectivity index (χ1v) is 9.29. The van der Waals surface area contributed by atoms with Gasteiger partial charge in [-0.15, -0.1) is 11.3 Å². The standard InChI is InChI=1S/C18H23N3O3S/c1-20-9-6-13(12-20)11-17(23)21-8-2-3-14(21)15-4-5-16(25-15)18(24)19-7-10-22/h4-6,9,12,14,22H,2-3,7-8,10-11H2,1H3,(H,19,24). The normalized spacial score (nSPS) is 17.0. The average Bonchev–Trinajstić information content (AvgIpc) is 3.32. The number of carbonyl (C=O) groups excluding carboxylic acids is 2. The van der Waals surface area contributed by atoms with Gasteiger partial charge in [0.05, 0.1) is 23.9 Å². The number of rotatable bonds is 6. The zero-order valence-electron chi connectivity index (χ0n) is 14.3. The Morgan fingerprint density at radius 2 is 2.20 bits per heavy atom. The van der Waals surface area contributed by atoms with E-state index in [4.69, 9.17) is 5.11 Å². The molecule has 1 aliphatic heterocycles. The first kappa shape index (κ1) is 17.7. The Morgan fingerprint density at radius 1 is 1.36 bits per heavy atom. The van der Waals surface area contributed by atoms with E-state index in [-0.39, 0.29) is 31.0 Å². The average molecular weight is 361 g/mol. The van der Waals surface area contributed by atoms with Gasteiger partial charge in [0.1, 0.15) is 0 Å². The zero-order chi connectivity index (χ0) is 17.8. The second-order valence-electron chi connectivity index (χ2n) is 6.29. The third-order valence-corrected chi connectivity index (χ3v) is 5.58. The summed E-state index contributed by atoms with van der Waals surface area (Å²) in [6.45, 7) is 0.936. The van der Waals surface area contributed by atoms with E-state index >= 15 is 0 Å². The number of hydrogen-bond donors (Lipinski definition) is 2. The molecule has 1 fully saturated rings. The maximum Gasteiger partial charge on any atom is 0.261 e. The van der Waals surface area contributed by atoms with Crippen molar-refractivity contribution in [1.82, 2.24) is 14.8 Å². The van der Waals surface area contributed by atoms with Crippen LogP contribution in [0.5, 0.6) is 0 Å². The molecule has 1 unspecified atom stereocenters. The fraction of sp³-hybridized carbons (Fsp3) is 0.444. The number of aromatic nitrogens is 1. The highest BCUT2D eigenvalue weighted by molar-refractivity contribution is 7.14. The lowest BCUT2D eigenvalue weighted by Gasteiger charge is -2.23. The Balaban J connectivity index is 1.68. The summed E-state index contributed by atoms with van der Waals surface area (Å²) in [5.74, 6) is -0.0427. The van der Waals surface area contributed by atoms with Crippen molar-refractivity contribution in [1.29, 1.82) is 0 Å². The van der Waals surface area contributed by atoms with Crippen molar-refractivity contribution in [2.24, 2.45) is 7.05 Å². The molecule has 3 heterocycles. The quantitative estimate of drug-likeness (QED) is 0.823. The number of amides is 2. The fourth-order valence-corrected chi connectivity index (χ4v) is 4.29. The number of hydrogen-bond acceptors (Lipinski definition) is 4. The van der Waals surface area contributed by atoms with E-state index in [2.05, 4.69) is 5.32 Å². The lowest BCUT2D eigenvalue weighted by molar-refractivity contribution is -0.131. The van der Waals surface area contributed by atoms with Crippen molar-refractivity contribution >= 4 is 23.2 Å². The van der Waals surface area contributed by atoms with Gasteiger partial charge in [-0.25, -0.2) is 0 Å². The molecule has 1 aliphatic rings. The molecular formula is C18H23N3O3S. The largest absolute Gasteiger partial charge is 0.395 e. The molecule has 0 aliphatic carbocycles. The van der Waals surface area contributed by atoms with Gasteiger partial charge in [-0.1, -0.05) is 0 Å². The molecule has 1 saturated heterocycles. The zero-order valence-corrected chi connectivity index (χ0v) is 15.1. The number of nitrogens with zero attached hydrogens (tertiary/aromatic N) is 2. The first-order valence-electron chi connectivity index (χ1n) is 8.47. The second kappa shape index (κ2) is 7.84. The van der Waals surface area contributed by atoms with Crippen molar-refractivity contribution < 1.29 is 14.7 Å². The van der Waals surface area contributed by atoms with Crippen molar-refractivity contribution in [3.05, 3.63) is 45.9 Å². The summed E-state index contributed by atoms with van der Waals surface area (Å²) in [5.41, 5.74) is 1.02. The molecule has 0 bridgehead atoms. The number of nitrogens with one attached hydrogen (secondary N) is 1. The summed E-state index contributed by atoms with van der Waals surface area (Å²) in [7, 11) is 1.95. The molecular weight excluding hydrogens is 338 g/mol. The summed E-state index contributed by atoms with van der Waals surface area (Å²) >= 11 is 1.43. The van der Waals surface area contributed by atoms with Crippen LogP contribution in [0.1, 0.15) is 39.0 Å². The fourth-order valence-electron chi connectivity index (χ4n) is 3.21. The molecule has 134 valence electrons. The Bertz CT molecular complexity index is 752. The second-order valence-corrected chi connectivity index (χ2v) is 7.40. The molecule has 0 radical (unpaired) electrons. The lowest BCUT2D eigenvalue weighted by Crippen LogP contribution is -2.31. The topological polar surface area (TPSA) is 74.6 Å². The van der Waals surface area contributed by atoms with E-state index < -0.39 is 0 Å². The molecule has 7 heteroatoms. The molecule has 0 spiro atoms. The number of thiophene rings is 1. The van der Waals surface area contributed by atoms with Crippen LogP contribution in [-0.2, 0) is 18.3 Å². The summed E-state index contributed by atoms with van der Waals surface area (Å²) in [5, 5.41) is 11.5. The van der Waals surface area contributed by atoms with Crippen LogP contribution >= 0.6 is 11.3 Å². The number of aliphatic hydroxyl groups is 1. The van der Waals surface area contributed by atoms with Crippen molar-refractivity contribution in [2.45, 2.75) is 25.3 Å². The van der Waals surface area contributed by atoms with E-state index in [9.17, 15) is 9.59 Å². The van der Waals surface area contributed by atoms with Crippen LogP contribution in [0.15, 0.2) is 30.6 Å². The Hall–Kier alpha value is -2.12. The third kappa shape index (κ3) is 4.11. The first-order chi connectivity index (χ1) is 12.1. The van der Waals surface area contributed by atoms with E-state index in [1.807, 2.05) is 41.0 Å². The monoisotopic (exact) mass is 361 g/mol. The van der Waals surface area contributed by atoms with Gasteiger partial charge in [-0.3, -0.25) is 9.59 Å². The minimum absolute atomic E-state index is 0.0561. The maximum absolute atomic E-state index is 12.7. The maximum atomic E-state index is 12.7. The molecule has 2 aromatic heterocycles. The van der Waals surface area contributed by atoms with Crippen LogP contribution in [0.2, 0.25) is 0 Å². The van der Waals surface area contributed by atoms with Crippen LogP contribution in [0, 0.1) is 0 Å². The summed E-state index contributed by atoms with van der Waals surface area (Å²) in [4.78, 5) is 28.3. The predicted octanol–water partition coefficient (Wildman–Crippen LogP) is 1.71. The summed E-state index contributed by atoms with van der Waals surface area (Å²) < 4.78 is 1.95. The smallest absolute Gasteiger partial charge is 0.261 e. The van der Waals surface area contributed by atoms with Crippen molar-refractivity contribution in [3.8, 4) is 0 Å². The highest BCUT2D eigenvalue weighted by Gasteiger charge is 2.31. The van der Waals surface area contributed by atoms with Gasteiger partial charge < -0.3 is 19.9 Å². The lowest BCUT2D eigenvalue weighted by atomic mass is 10.1. The van der Waals surface area contributed by atoms with Crippen LogP contribution in [0.25, 0.3) is 0 Å². The van der Waals surface area contributed by atoms with Gasteiger partial charge in [0.15, 0.2) is 0 Å². The highest BCUT2D eigenvalue weighted by atomic mass is 32.1. The molecule has 0 saturated carbocycles. The van der Waals surface area contributed by atoms with Gasteiger partial charge in [-0.2, -0.15) is 0 Å². The van der Waals surface area contributed by atoms with Gasteiger partial charge >= 0.3 is 0 Å². The third-order valence-electron chi connectivity index (χ3n) is 4.40. The van der Waals surface area contributed by atoms with Crippen LogP contribution < -0.4 is 5.32 Å². The molecule has 6 nitrogen and oxygen atoms in total. The van der Waals surface area contributed by atoms with E-state index in [0.29, 0.717) is 11.3 Å². The number of aryl methyl sites for hydroxylation is 1. The minimum atomic E-state index is -0.176. The summed E-state index contributed by atoms with van der Waals surface area (Å²) in [6, 6.07) is 5.76. The molecule has 3 rings (SSSR count). The minimum Gasteiger partial charge on any atom is -0.395 e. The Labute approximate surface area is 151 Å². The van der Waals surface area contributed by atoms with Gasteiger partial charge in [0.25, 0.3) is 5.91 Å². The van der Waals surface area contributed by atoms with E-state index in [1.165, 1.54) is 11.3 Å². The molecule has 2 N–H and O–H groups in total. The van der Waals surface area contributed by atoms with Gasteiger partial charge in [-0.05, 0) is 36.6 Å². The van der Waals surface area contributed by atoms with E-state index in [0.717, 1.165) is 29.8 Å². The van der Waals surface area contributed by atoms with Crippen molar-refractivity contribution in [2.75, 3.05) is 19.7 Å². The Morgan fingerprint density at radius 3 is 2.92 bits per heavy atom. The van der Waals surface area contributed by atoms with Crippen LogP contribution in [-0.4, -0.2) is 46.1 Å². The summed E-state index contributed by atoms with van der Waals surface area (Å²) in [6.07, 6.45) is 6.23. The number of aliphatic hydroxyl groups excluding tert-OH is 1. The highest BCUT2D eigenvalue weighted by Crippen LogP contribution is 2.36. The molecule has 1 atom stereocenters. The predicted molar refractivity (Wildman–Crippen MR) is 96.5 cm³/mol. The number of likely N-dealkylation sites (tertiary alicyclic amines) is 1. The van der Waals surface area contributed by atoms with Gasteiger partial charge in [0, 0.05) is 37.4 Å². The van der Waals surface area contributed by atoms with Gasteiger partial charge in [0.2, 0.25) is 5.91 Å². The molecule has 0 aromatic carbocycles. The number of carbonyl (C=O) groups is 2.